The van der Waals surface area contributed by atoms with Gasteiger partial charge in [0.15, 0.2) is 11.6 Å². The van der Waals surface area contributed by atoms with E-state index in [1.54, 1.807) is 18.2 Å². The number of nitrogens with zero attached hydrogens (tertiary/aromatic N) is 2. The number of amides is 1. The number of likely N-dealkylation sites (tertiary alicyclic amines) is 1. The molecule has 2 heterocycles. The Morgan fingerprint density at radius 3 is 2.51 bits per heavy atom. The van der Waals surface area contributed by atoms with Crippen molar-refractivity contribution < 1.29 is 28.6 Å². The van der Waals surface area contributed by atoms with Crippen molar-refractivity contribution in [3.05, 3.63) is 69.0 Å². The van der Waals surface area contributed by atoms with E-state index in [-0.39, 0.29) is 28.5 Å². The Morgan fingerprint density at radius 1 is 1.11 bits per heavy atom. The van der Waals surface area contributed by atoms with E-state index in [1.165, 1.54) is 24.1 Å². The standard InChI is InChI=1S/C25H25Cl2FN2O5/c1-34-20-6-4-16(14-19(20)28)23(31)21-22(15-3-5-17(26)18(27)13-15)30(25(33)24(21)32)8-2-7-29-9-11-35-12-10-29/h3-6,13-14,22,31H,2,7-12H2,1H3/b23-21+. The lowest BCUT2D eigenvalue weighted by Gasteiger charge is -2.29. The molecule has 4 rings (SSSR count). The van der Waals surface area contributed by atoms with Gasteiger partial charge in [0, 0.05) is 31.7 Å². The smallest absolute Gasteiger partial charge is 0.295 e. The zero-order valence-electron chi connectivity index (χ0n) is 19.1. The molecule has 186 valence electrons. The summed E-state index contributed by atoms with van der Waals surface area (Å²) in [7, 11) is 1.32. The fraction of sp³-hybridized carbons (Fsp3) is 0.360. The molecule has 0 bridgehead atoms. The number of carbonyl (C=O) groups is 2. The zero-order chi connectivity index (χ0) is 25.1. The highest BCUT2D eigenvalue weighted by atomic mass is 35.5. The van der Waals surface area contributed by atoms with Gasteiger partial charge in [-0.25, -0.2) is 4.39 Å². The molecule has 0 radical (unpaired) electrons. The van der Waals surface area contributed by atoms with Crippen LogP contribution in [0.25, 0.3) is 5.76 Å². The zero-order valence-corrected chi connectivity index (χ0v) is 20.6. The second kappa shape index (κ2) is 11.0. The van der Waals surface area contributed by atoms with Crippen molar-refractivity contribution in [2.24, 2.45) is 0 Å². The summed E-state index contributed by atoms with van der Waals surface area (Å²) >= 11 is 12.3. The first kappa shape index (κ1) is 25.4. The van der Waals surface area contributed by atoms with E-state index in [0.29, 0.717) is 30.2 Å². The van der Waals surface area contributed by atoms with Crippen LogP contribution < -0.4 is 4.74 Å². The number of hydrogen-bond donors (Lipinski definition) is 1. The normalized spacial score (nSPS) is 20.5. The van der Waals surface area contributed by atoms with E-state index in [9.17, 15) is 19.1 Å². The topological polar surface area (TPSA) is 79.3 Å². The average molecular weight is 523 g/mol. The maximum atomic E-state index is 14.3. The van der Waals surface area contributed by atoms with E-state index in [2.05, 4.69) is 4.90 Å². The van der Waals surface area contributed by atoms with Crippen molar-refractivity contribution in [3.8, 4) is 5.75 Å². The van der Waals surface area contributed by atoms with Gasteiger partial charge in [-0.2, -0.15) is 0 Å². The van der Waals surface area contributed by atoms with Gasteiger partial charge < -0.3 is 19.5 Å². The highest BCUT2D eigenvalue weighted by molar-refractivity contribution is 6.46. The number of aliphatic hydroxyl groups excluding tert-OH is 1. The summed E-state index contributed by atoms with van der Waals surface area (Å²) in [6.07, 6.45) is 0.613. The number of methoxy groups -OCH3 is 1. The van der Waals surface area contributed by atoms with Gasteiger partial charge in [0.1, 0.15) is 5.76 Å². The third-order valence-corrected chi connectivity index (χ3v) is 6.94. The summed E-state index contributed by atoms with van der Waals surface area (Å²) in [4.78, 5) is 29.9. The molecule has 2 aromatic rings. The Labute approximate surface area is 212 Å². The fourth-order valence-corrected chi connectivity index (χ4v) is 4.70. The van der Waals surface area contributed by atoms with Gasteiger partial charge in [0.05, 0.1) is 42.0 Å². The van der Waals surface area contributed by atoms with Crippen LogP contribution in [0.5, 0.6) is 5.75 Å². The number of ketones is 1. The SMILES string of the molecule is COc1ccc(/C(O)=C2\C(=O)C(=O)N(CCCN3CCOCC3)C2c2ccc(Cl)c(Cl)c2)cc1F. The largest absolute Gasteiger partial charge is 0.507 e. The summed E-state index contributed by atoms with van der Waals surface area (Å²) < 4.78 is 24.6. The quantitative estimate of drug-likeness (QED) is 0.332. The molecule has 0 aliphatic carbocycles. The van der Waals surface area contributed by atoms with Crippen molar-refractivity contribution in [1.29, 1.82) is 0 Å². The van der Waals surface area contributed by atoms with Gasteiger partial charge in [-0.15, -0.1) is 0 Å². The molecule has 0 spiro atoms. The average Bonchev–Trinajstić information content (AvgIpc) is 3.11. The number of hydrogen-bond acceptors (Lipinski definition) is 6. The highest BCUT2D eigenvalue weighted by Crippen LogP contribution is 2.41. The summed E-state index contributed by atoms with van der Waals surface area (Å²) in [5.74, 6) is -2.77. The van der Waals surface area contributed by atoms with Crippen molar-refractivity contribution in [2.75, 3.05) is 46.5 Å². The minimum absolute atomic E-state index is 0.00820. The maximum absolute atomic E-state index is 14.3. The Kier molecular flexibility index (Phi) is 7.96. The molecule has 1 N–H and O–H groups in total. The lowest BCUT2D eigenvalue weighted by Crippen LogP contribution is -2.38. The Bertz CT molecular complexity index is 1170. The number of Topliss-reactive ketones (excluding diaryl/α,β-unsaturated/α-hetero) is 1. The number of carbonyl (C=O) groups excluding carboxylic acids is 2. The molecule has 0 aromatic heterocycles. The number of halogens is 3. The summed E-state index contributed by atoms with van der Waals surface area (Å²) in [6.45, 7) is 3.93. The monoisotopic (exact) mass is 522 g/mol. The minimum Gasteiger partial charge on any atom is -0.507 e. The summed E-state index contributed by atoms with van der Waals surface area (Å²) in [5.41, 5.74) is 0.435. The van der Waals surface area contributed by atoms with Gasteiger partial charge in [-0.3, -0.25) is 14.5 Å². The van der Waals surface area contributed by atoms with Crippen molar-refractivity contribution in [2.45, 2.75) is 12.5 Å². The number of benzene rings is 2. The minimum atomic E-state index is -0.903. The van der Waals surface area contributed by atoms with Crippen LogP contribution in [0.15, 0.2) is 42.0 Å². The van der Waals surface area contributed by atoms with E-state index < -0.39 is 29.3 Å². The molecule has 1 amide bonds. The number of rotatable bonds is 7. The second-order valence-corrected chi connectivity index (χ2v) is 9.14. The molecule has 7 nitrogen and oxygen atoms in total. The molecule has 1 atom stereocenters. The molecular weight excluding hydrogens is 498 g/mol. The highest BCUT2D eigenvalue weighted by Gasteiger charge is 2.46. The molecule has 0 saturated carbocycles. The van der Waals surface area contributed by atoms with Crippen LogP contribution in [0.3, 0.4) is 0 Å². The maximum Gasteiger partial charge on any atom is 0.295 e. The van der Waals surface area contributed by atoms with Gasteiger partial charge in [0.2, 0.25) is 0 Å². The Balaban J connectivity index is 1.71. The van der Waals surface area contributed by atoms with Crippen LogP contribution in [0.1, 0.15) is 23.6 Å². The lowest BCUT2D eigenvalue weighted by molar-refractivity contribution is -0.140. The van der Waals surface area contributed by atoms with E-state index in [1.807, 2.05) is 0 Å². The molecule has 2 fully saturated rings. The third-order valence-electron chi connectivity index (χ3n) is 6.20. The molecule has 2 aliphatic heterocycles. The van der Waals surface area contributed by atoms with E-state index in [0.717, 1.165) is 25.7 Å². The first-order chi connectivity index (χ1) is 16.8. The van der Waals surface area contributed by atoms with Crippen LogP contribution in [0.2, 0.25) is 10.0 Å². The van der Waals surface area contributed by atoms with Gasteiger partial charge in [0.25, 0.3) is 11.7 Å². The molecule has 1 unspecified atom stereocenters. The number of morpholine rings is 1. The predicted molar refractivity (Wildman–Crippen MR) is 130 cm³/mol. The van der Waals surface area contributed by atoms with Crippen LogP contribution in [-0.2, 0) is 14.3 Å². The molecular formula is C25H25Cl2FN2O5. The molecule has 10 heteroatoms. The van der Waals surface area contributed by atoms with Crippen LogP contribution in [0.4, 0.5) is 4.39 Å². The van der Waals surface area contributed by atoms with Crippen LogP contribution >= 0.6 is 23.2 Å². The number of ether oxygens (including phenoxy) is 2. The molecule has 2 aliphatic rings. The molecule has 2 aromatic carbocycles. The first-order valence-corrected chi connectivity index (χ1v) is 11.9. The third kappa shape index (κ3) is 5.30. The molecule has 2 saturated heterocycles. The lowest BCUT2D eigenvalue weighted by atomic mass is 9.95. The molecule has 35 heavy (non-hydrogen) atoms. The van der Waals surface area contributed by atoms with Crippen LogP contribution in [-0.4, -0.2) is 73.1 Å². The first-order valence-electron chi connectivity index (χ1n) is 11.2. The van der Waals surface area contributed by atoms with Gasteiger partial charge in [-0.05, 0) is 42.3 Å². The summed E-state index contributed by atoms with van der Waals surface area (Å²) in [5, 5.41) is 11.7. The second-order valence-electron chi connectivity index (χ2n) is 8.32. The van der Waals surface area contributed by atoms with E-state index >= 15 is 0 Å². The van der Waals surface area contributed by atoms with Gasteiger partial charge in [-0.1, -0.05) is 29.3 Å². The van der Waals surface area contributed by atoms with Crippen molar-refractivity contribution in [1.82, 2.24) is 9.80 Å². The predicted octanol–water partition coefficient (Wildman–Crippen LogP) is 4.29. The Morgan fingerprint density at radius 2 is 1.86 bits per heavy atom. The Hall–Kier alpha value is -2.65. The van der Waals surface area contributed by atoms with Crippen molar-refractivity contribution >= 4 is 40.7 Å². The van der Waals surface area contributed by atoms with E-state index in [4.69, 9.17) is 32.7 Å². The summed E-state index contributed by atoms with van der Waals surface area (Å²) in [6, 6.07) is 7.72. The van der Waals surface area contributed by atoms with Crippen LogP contribution in [0, 0.1) is 5.82 Å². The number of aliphatic hydroxyl groups is 1. The fourth-order valence-electron chi connectivity index (χ4n) is 4.40. The van der Waals surface area contributed by atoms with Crippen molar-refractivity contribution in [3.63, 3.8) is 0 Å². The van der Waals surface area contributed by atoms with Gasteiger partial charge >= 0.3 is 0 Å².